The highest BCUT2D eigenvalue weighted by Crippen LogP contribution is 2.15. The molecule has 6 nitrogen and oxygen atoms in total. The van der Waals surface area contributed by atoms with Crippen LogP contribution in [-0.2, 0) is 13.6 Å². The van der Waals surface area contributed by atoms with Gasteiger partial charge in [-0.15, -0.1) is 0 Å². The van der Waals surface area contributed by atoms with E-state index < -0.39 is 0 Å². The third kappa shape index (κ3) is 2.38. The highest BCUT2D eigenvalue weighted by molar-refractivity contribution is 5.97. The molecule has 2 heterocycles. The third-order valence-electron chi connectivity index (χ3n) is 4.24. The fourth-order valence-electron chi connectivity index (χ4n) is 2.87. The normalized spacial score (nSPS) is 11.2. The number of aromatic nitrogens is 3. The van der Waals surface area contributed by atoms with Gasteiger partial charge in [0.1, 0.15) is 0 Å². The van der Waals surface area contributed by atoms with Gasteiger partial charge < -0.3 is 15.3 Å². The maximum absolute atomic E-state index is 12.3. The van der Waals surface area contributed by atoms with Gasteiger partial charge in [0.05, 0.1) is 11.0 Å². The molecule has 3 N–H and O–H groups in total. The first kappa shape index (κ1) is 14.3. The van der Waals surface area contributed by atoms with Crippen LogP contribution in [0.1, 0.15) is 15.9 Å². The summed E-state index contributed by atoms with van der Waals surface area (Å²) in [6, 6.07) is 13.2. The summed E-state index contributed by atoms with van der Waals surface area (Å²) in [5.41, 5.74) is 3.82. The average molecular weight is 320 g/mol. The van der Waals surface area contributed by atoms with Crippen LogP contribution in [0.2, 0.25) is 0 Å². The maximum Gasteiger partial charge on any atom is 0.326 e. The lowest BCUT2D eigenvalue weighted by molar-refractivity contribution is 0.0951. The van der Waals surface area contributed by atoms with Gasteiger partial charge in [0.15, 0.2) is 0 Å². The number of hydrogen-bond donors (Lipinski definition) is 3. The Hall–Kier alpha value is -3.28. The van der Waals surface area contributed by atoms with E-state index in [1.165, 1.54) is 4.57 Å². The molecule has 2 aromatic heterocycles. The molecular weight excluding hydrogens is 304 g/mol. The standard InChI is InChI=1S/C18H16N4O2/c1-22-16-5-4-13(9-15(16)21-18(22)24)17(23)20-10-11-2-3-12-6-7-19-14(12)8-11/h2-9,19H,10H2,1H3,(H,20,23)(H,21,24). The van der Waals surface area contributed by atoms with Crippen LogP contribution in [0.3, 0.4) is 0 Å². The van der Waals surface area contributed by atoms with Gasteiger partial charge in [-0.2, -0.15) is 0 Å². The van der Waals surface area contributed by atoms with Gasteiger partial charge in [-0.3, -0.25) is 9.36 Å². The van der Waals surface area contributed by atoms with Crippen molar-refractivity contribution in [3.05, 3.63) is 70.3 Å². The lowest BCUT2D eigenvalue weighted by Crippen LogP contribution is -2.22. The van der Waals surface area contributed by atoms with Gasteiger partial charge in [-0.1, -0.05) is 12.1 Å². The van der Waals surface area contributed by atoms with E-state index in [4.69, 9.17) is 0 Å². The molecule has 4 aromatic rings. The molecule has 0 spiro atoms. The summed E-state index contributed by atoms with van der Waals surface area (Å²) < 4.78 is 1.52. The molecule has 1 amide bonds. The average Bonchev–Trinajstić information content (AvgIpc) is 3.16. The molecule has 2 aromatic carbocycles. The van der Waals surface area contributed by atoms with Crippen LogP contribution < -0.4 is 11.0 Å². The zero-order chi connectivity index (χ0) is 16.7. The van der Waals surface area contributed by atoms with Gasteiger partial charge in [0, 0.05) is 30.9 Å². The van der Waals surface area contributed by atoms with Gasteiger partial charge in [0.25, 0.3) is 5.91 Å². The fraction of sp³-hybridized carbons (Fsp3) is 0.111. The number of rotatable bonds is 3. The molecule has 0 saturated carbocycles. The predicted octanol–water partition coefficient (Wildman–Crippen LogP) is 2.28. The number of imidazole rings is 1. The van der Waals surface area contributed by atoms with E-state index >= 15 is 0 Å². The summed E-state index contributed by atoms with van der Waals surface area (Å²) in [6.45, 7) is 0.442. The number of H-pyrrole nitrogens is 2. The van der Waals surface area contributed by atoms with Crippen molar-refractivity contribution in [1.29, 1.82) is 0 Å². The molecule has 0 aliphatic carbocycles. The quantitative estimate of drug-likeness (QED) is 0.541. The van der Waals surface area contributed by atoms with Crippen LogP contribution in [0.25, 0.3) is 21.9 Å². The van der Waals surface area contributed by atoms with Crippen molar-refractivity contribution in [2.45, 2.75) is 6.54 Å². The molecule has 0 fully saturated rings. The van der Waals surface area contributed by atoms with Gasteiger partial charge >= 0.3 is 5.69 Å². The summed E-state index contributed by atoms with van der Waals surface area (Å²) >= 11 is 0. The molecule has 0 aliphatic rings. The number of benzene rings is 2. The minimum Gasteiger partial charge on any atom is -0.361 e. The molecular formula is C18H16N4O2. The second-order valence-electron chi connectivity index (χ2n) is 5.80. The van der Waals surface area contributed by atoms with Gasteiger partial charge in [-0.25, -0.2) is 4.79 Å². The molecule has 0 radical (unpaired) electrons. The summed E-state index contributed by atoms with van der Waals surface area (Å²) in [5, 5.41) is 4.05. The van der Waals surface area contributed by atoms with Crippen LogP contribution in [-0.4, -0.2) is 20.4 Å². The molecule has 24 heavy (non-hydrogen) atoms. The number of fused-ring (bicyclic) bond motifs is 2. The zero-order valence-electron chi connectivity index (χ0n) is 13.1. The van der Waals surface area contributed by atoms with E-state index in [9.17, 15) is 9.59 Å². The van der Waals surface area contributed by atoms with E-state index in [0.29, 0.717) is 17.6 Å². The summed E-state index contributed by atoms with van der Waals surface area (Å²) in [6.07, 6.45) is 1.89. The number of carbonyl (C=O) groups excluding carboxylic acids is 1. The summed E-state index contributed by atoms with van der Waals surface area (Å²) in [7, 11) is 1.69. The monoisotopic (exact) mass is 320 g/mol. The number of nitrogens with one attached hydrogen (secondary N) is 3. The third-order valence-corrected chi connectivity index (χ3v) is 4.24. The molecule has 0 aliphatic heterocycles. The minimum absolute atomic E-state index is 0.173. The highest BCUT2D eigenvalue weighted by Gasteiger charge is 2.09. The van der Waals surface area contributed by atoms with E-state index in [-0.39, 0.29) is 11.6 Å². The number of aryl methyl sites for hydroxylation is 1. The molecule has 0 saturated heterocycles. The minimum atomic E-state index is -0.193. The van der Waals surface area contributed by atoms with Crippen molar-refractivity contribution in [3.8, 4) is 0 Å². The predicted molar refractivity (Wildman–Crippen MR) is 93.0 cm³/mol. The van der Waals surface area contributed by atoms with Crippen molar-refractivity contribution in [2.24, 2.45) is 7.05 Å². The second kappa shape index (κ2) is 5.42. The largest absolute Gasteiger partial charge is 0.361 e. The van der Waals surface area contributed by atoms with Crippen LogP contribution in [0.15, 0.2) is 53.5 Å². The lowest BCUT2D eigenvalue weighted by Gasteiger charge is -2.06. The first-order valence-corrected chi connectivity index (χ1v) is 7.65. The number of nitrogens with zero attached hydrogens (tertiary/aromatic N) is 1. The Labute approximate surface area is 137 Å². The Morgan fingerprint density at radius 3 is 2.88 bits per heavy atom. The molecule has 0 unspecified atom stereocenters. The first-order chi connectivity index (χ1) is 11.6. The Morgan fingerprint density at radius 2 is 2.00 bits per heavy atom. The van der Waals surface area contributed by atoms with Gasteiger partial charge in [-0.05, 0) is 41.3 Å². The molecule has 120 valence electrons. The maximum atomic E-state index is 12.3. The van der Waals surface area contributed by atoms with E-state index in [0.717, 1.165) is 22.0 Å². The SMILES string of the molecule is Cn1c(=O)[nH]c2cc(C(=O)NCc3ccc4cc[nH]c4c3)ccc21. The van der Waals surface area contributed by atoms with Crippen LogP contribution >= 0.6 is 0 Å². The summed E-state index contributed by atoms with van der Waals surface area (Å²) in [5.74, 6) is -0.173. The number of aromatic amines is 2. The zero-order valence-corrected chi connectivity index (χ0v) is 13.1. The molecule has 0 atom stereocenters. The van der Waals surface area contributed by atoms with E-state index in [1.54, 1.807) is 25.2 Å². The Morgan fingerprint density at radius 1 is 1.12 bits per heavy atom. The Bertz CT molecular complexity index is 1120. The number of carbonyl (C=O) groups is 1. The van der Waals surface area contributed by atoms with Crippen molar-refractivity contribution >= 4 is 27.8 Å². The van der Waals surface area contributed by atoms with Crippen molar-refractivity contribution in [1.82, 2.24) is 19.9 Å². The van der Waals surface area contributed by atoms with Crippen molar-refractivity contribution < 1.29 is 4.79 Å². The van der Waals surface area contributed by atoms with Crippen molar-refractivity contribution in [2.75, 3.05) is 0 Å². The Balaban J connectivity index is 1.54. The van der Waals surface area contributed by atoms with E-state index in [1.807, 2.05) is 30.5 Å². The lowest BCUT2D eigenvalue weighted by atomic mass is 10.1. The smallest absolute Gasteiger partial charge is 0.326 e. The van der Waals surface area contributed by atoms with Crippen LogP contribution in [0.5, 0.6) is 0 Å². The fourth-order valence-corrected chi connectivity index (χ4v) is 2.87. The molecule has 6 heteroatoms. The highest BCUT2D eigenvalue weighted by atomic mass is 16.2. The van der Waals surface area contributed by atoms with Gasteiger partial charge in [0.2, 0.25) is 0 Å². The first-order valence-electron chi connectivity index (χ1n) is 7.65. The van der Waals surface area contributed by atoms with E-state index in [2.05, 4.69) is 15.3 Å². The Kier molecular flexibility index (Phi) is 3.23. The second-order valence-corrected chi connectivity index (χ2v) is 5.80. The molecule has 4 rings (SSSR count). The molecule has 0 bridgehead atoms. The van der Waals surface area contributed by atoms with Crippen molar-refractivity contribution in [3.63, 3.8) is 0 Å². The topological polar surface area (TPSA) is 82.7 Å². The van der Waals surface area contributed by atoms with Crippen LogP contribution in [0, 0.1) is 0 Å². The number of hydrogen-bond acceptors (Lipinski definition) is 2. The van der Waals surface area contributed by atoms with Crippen LogP contribution in [0.4, 0.5) is 0 Å². The summed E-state index contributed by atoms with van der Waals surface area (Å²) in [4.78, 5) is 29.9. The number of amides is 1.